The van der Waals surface area contributed by atoms with Crippen molar-refractivity contribution >= 4 is 11.8 Å². The van der Waals surface area contributed by atoms with Gasteiger partial charge in [-0.05, 0) is 32.2 Å². The Hall–Kier alpha value is -1.06. The van der Waals surface area contributed by atoms with Crippen molar-refractivity contribution in [3.05, 3.63) is 6.33 Å². The number of aromatic nitrogens is 3. The van der Waals surface area contributed by atoms with Gasteiger partial charge in [-0.25, -0.2) is 4.98 Å². The Morgan fingerprint density at radius 2 is 2.65 bits per heavy atom. The fourth-order valence-corrected chi connectivity index (χ4v) is 3.56. The molecule has 1 heterocycles. The maximum absolute atomic E-state index is 9.36. The maximum atomic E-state index is 9.36. The molecule has 0 spiro atoms. The molecule has 2 N–H and O–H groups in total. The number of H-pyrrole nitrogens is 1. The Balaban J connectivity index is 1.99. The topological polar surface area (TPSA) is 77.4 Å². The summed E-state index contributed by atoms with van der Waals surface area (Å²) in [5, 5.41) is 20.7. The van der Waals surface area contributed by atoms with Gasteiger partial charge in [-0.15, -0.1) is 0 Å². The maximum Gasteiger partial charge on any atom is 0.183 e. The molecule has 0 bridgehead atoms. The summed E-state index contributed by atoms with van der Waals surface area (Å²) in [6, 6.07) is 2.46. The molecule has 1 aliphatic rings. The van der Waals surface area contributed by atoms with Gasteiger partial charge >= 0.3 is 0 Å². The van der Waals surface area contributed by atoms with Crippen molar-refractivity contribution in [1.82, 2.24) is 20.5 Å². The molecule has 2 unspecified atom stereocenters. The second-order valence-electron chi connectivity index (χ2n) is 4.35. The van der Waals surface area contributed by atoms with Crippen LogP contribution in [-0.2, 0) is 0 Å². The van der Waals surface area contributed by atoms with Crippen LogP contribution in [0.15, 0.2) is 11.5 Å². The minimum atomic E-state index is -0.343. The van der Waals surface area contributed by atoms with Crippen LogP contribution in [0.25, 0.3) is 0 Å². The highest BCUT2D eigenvalue weighted by Crippen LogP contribution is 2.36. The van der Waals surface area contributed by atoms with Gasteiger partial charge in [-0.3, -0.25) is 10.4 Å². The van der Waals surface area contributed by atoms with E-state index < -0.39 is 0 Å². The molecule has 2 atom stereocenters. The first-order valence-electron chi connectivity index (χ1n) is 5.96. The largest absolute Gasteiger partial charge is 0.300 e. The van der Waals surface area contributed by atoms with Crippen molar-refractivity contribution in [2.24, 2.45) is 0 Å². The van der Waals surface area contributed by atoms with E-state index in [0.717, 1.165) is 37.4 Å². The van der Waals surface area contributed by atoms with Gasteiger partial charge in [0, 0.05) is 5.25 Å². The normalized spacial score (nSPS) is 28.8. The Morgan fingerprint density at radius 1 is 1.76 bits per heavy atom. The Kier molecular flexibility index (Phi) is 4.02. The first-order valence-corrected chi connectivity index (χ1v) is 6.84. The average Bonchev–Trinajstić information content (AvgIpc) is 2.83. The molecule has 0 amide bonds. The van der Waals surface area contributed by atoms with Crippen molar-refractivity contribution < 1.29 is 0 Å². The minimum absolute atomic E-state index is 0.343. The fraction of sp³-hybridized carbons (Fsp3) is 0.727. The third-order valence-corrected chi connectivity index (χ3v) is 4.26. The van der Waals surface area contributed by atoms with Crippen LogP contribution < -0.4 is 5.32 Å². The van der Waals surface area contributed by atoms with Crippen molar-refractivity contribution in [3.63, 3.8) is 0 Å². The van der Waals surface area contributed by atoms with Crippen molar-refractivity contribution in [2.75, 3.05) is 6.54 Å². The Morgan fingerprint density at radius 3 is 3.29 bits per heavy atom. The smallest absolute Gasteiger partial charge is 0.183 e. The number of aromatic amines is 1. The number of nitriles is 1. The summed E-state index contributed by atoms with van der Waals surface area (Å²) < 4.78 is 0. The quantitative estimate of drug-likeness (QED) is 0.852. The molecule has 0 saturated heterocycles. The van der Waals surface area contributed by atoms with E-state index in [1.807, 2.05) is 6.92 Å². The first kappa shape index (κ1) is 12.4. The summed E-state index contributed by atoms with van der Waals surface area (Å²) in [4.78, 5) is 4.12. The predicted molar refractivity (Wildman–Crippen MR) is 66.5 cm³/mol. The molecule has 1 aromatic rings. The van der Waals surface area contributed by atoms with Gasteiger partial charge in [0.15, 0.2) is 5.16 Å². The van der Waals surface area contributed by atoms with Crippen LogP contribution in [0.4, 0.5) is 0 Å². The predicted octanol–water partition coefficient (Wildman–Crippen LogP) is 1.71. The summed E-state index contributed by atoms with van der Waals surface area (Å²) in [5.41, 5.74) is -0.343. The lowest BCUT2D eigenvalue weighted by molar-refractivity contribution is 0.309. The summed E-state index contributed by atoms with van der Waals surface area (Å²) in [5.74, 6) is 0. The first-order chi connectivity index (χ1) is 8.28. The number of nitrogens with zero attached hydrogens (tertiary/aromatic N) is 3. The monoisotopic (exact) mass is 251 g/mol. The molecular formula is C11H17N5S. The highest BCUT2D eigenvalue weighted by Gasteiger charge is 2.36. The second-order valence-corrected chi connectivity index (χ2v) is 5.64. The molecule has 0 aromatic carbocycles. The van der Waals surface area contributed by atoms with E-state index in [1.54, 1.807) is 11.8 Å². The number of rotatable bonds is 4. The zero-order valence-corrected chi connectivity index (χ0v) is 10.8. The van der Waals surface area contributed by atoms with Gasteiger partial charge in [-0.2, -0.15) is 10.4 Å². The molecule has 1 fully saturated rings. The second kappa shape index (κ2) is 5.52. The van der Waals surface area contributed by atoms with Crippen LogP contribution in [0, 0.1) is 11.3 Å². The van der Waals surface area contributed by atoms with Gasteiger partial charge in [0.25, 0.3) is 0 Å². The molecule has 1 aliphatic carbocycles. The van der Waals surface area contributed by atoms with E-state index in [2.05, 4.69) is 26.6 Å². The number of thioether (sulfide) groups is 1. The summed E-state index contributed by atoms with van der Waals surface area (Å²) in [6.45, 7) is 2.89. The molecule has 6 heteroatoms. The number of hydrogen-bond donors (Lipinski definition) is 2. The van der Waals surface area contributed by atoms with E-state index in [9.17, 15) is 5.26 Å². The third kappa shape index (κ3) is 2.99. The molecule has 0 radical (unpaired) electrons. The molecule has 1 aromatic heterocycles. The Labute approximate surface area is 105 Å². The van der Waals surface area contributed by atoms with Gasteiger partial charge in [0.1, 0.15) is 11.9 Å². The van der Waals surface area contributed by atoms with Crippen molar-refractivity contribution in [1.29, 1.82) is 5.26 Å². The van der Waals surface area contributed by atoms with E-state index in [-0.39, 0.29) is 5.54 Å². The highest BCUT2D eigenvalue weighted by molar-refractivity contribution is 7.99. The van der Waals surface area contributed by atoms with Crippen molar-refractivity contribution in [3.8, 4) is 6.07 Å². The van der Waals surface area contributed by atoms with Crippen LogP contribution >= 0.6 is 11.8 Å². The van der Waals surface area contributed by atoms with Crippen LogP contribution in [0.5, 0.6) is 0 Å². The third-order valence-electron chi connectivity index (χ3n) is 3.11. The molecule has 92 valence electrons. The minimum Gasteiger partial charge on any atom is -0.300 e. The van der Waals surface area contributed by atoms with E-state index in [4.69, 9.17) is 0 Å². The van der Waals surface area contributed by atoms with Crippen LogP contribution in [0.2, 0.25) is 0 Å². The SMILES string of the molecule is CCNC1(C#N)CCCC(Sc2ncn[nH]2)C1. The van der Waals surface area contributed by atoms with Gasteiger partial charge < -0.3 is 0 Å². The van der Waals surface area contributed by atoms with Gasteiger partial charge in [0.2, 0.25) is 0 Å². The molecule has 5 nitrogen and oxygen atoms in total. The van der Waals surface area contributed by atoms with Crippen molar-refractivity contribution in [2.45, 2.75) is 48.6 Å². The van der Waals surface area contributed by atoms with E-state index >= 15 is 0 Å². The molecule has 0 aliphatic heterocycles. The molecule has 2 rings (SSSR count). The zero-order valence-electron chi connectivity index (χ0n) is 9.94. The highest BCUT2D eigenvalue weighted by atomic mass is 32.2. The zero-order chi connectivity index (χ0) is 12.1. The van der Waals surface area contributed by atoms with Crippen LogP contribution in [-0.4, -0.2) is 32.5 Å². The summed E-state index contributed by atoms with van der Waals surface area (Å²) in [7, 11) is 0. The lowest BCUT2D eigenvalue weighted by atomic mass is 9.82. The fourth-order valence-electron chi connectivity index (χ4n) is 2.37. The molecule has 17 heavy (non-hydrogen) atoms. The number of nitrogens with one attached hydrogen (secondary N) is 2. The van der Waals surface area contributed by atoms with Gasteiger partial charge in [0.05, 0.1) is 6.07 Å². The standard InChI is InChI=1S/C11H17N5S/c1-2-14-11(7-12)5-3-4-9(6-11)17-10-13-8-15-16-10/h8-9,14H,2-6H2,1H3,(H,13,15,16). The summed E-state index contributed by atoms with van der Waals surface area (Å²) in [6.07, 6.45) is 5.58. The summed E-state index contributed by atoms with van der Waals surface area (Å²) >= 11 is 1.69. The van der Waals surface area contributed by atoms with Crippen LogP contribution in [0.3, 0.4) is 0 Å². The lowest BCUT2D eigenvalue weighted by Crippen LogP contribution is -2.48. The van der Waals surface area contributed by atoms with E-state index in [0.29, 0.717) is 5.25 Å². The Bertz CT molecular complexity index is 381. The van der Waals surface area contributed by atoms with Crippen LogP contribution in [0.1, 0.15) is 32.6 Å². The average molecular weight is 251 g/mol. The molecular weight excluding hydrogens is 234 g/mol. The number of hydrogen-bond acceptors (Lipinski definition) is 5. The van der Waals surface area contributed by atoms with E-state index in [1.165, 1.54) is 6.33 Å². The molecule has 1 saturated carbocycles. The van der Waals surface area contributed by atoms with Gasteiger partial charge in [-0.1, -0.05) is 18.7 Å². The lowest BCUT2D eigenvalue weighted by Gasteiger charge is -2.35.